The van der Waals surface area contributed by atoms with E-state index in [-0.39, 0.29) is 0 Å². The van der Waals surface area contributed by atoms with Crippen molar-refractivity contribution in [3.8, 4) is 0 Å². The topological polar surface area (TPSA) is 63.6 Å². The summed E-state index contributed by atoms with van der Waals surface area (Å²) in [7, 11) is 1.64. The van der Waals surface area contributed by atoms with Crippen molar-refractivity contribution >= 4 is 10.0 Å². The quantitative estimate of drug-likeness (QED) is 0.695. The highest BCUT2D eigenvalue weighted by molar-refractivity contribution is 7.89. The summed E-state index contributed by atoms with van der Waals surface area (Å²) < 4.78 is 33.1. The SMILES string of the molecule is COCCCN(C)S(=O)(=O)c1cc(CNC(C)C)n(C)c1. The molecule has 1 aromatic rings. The van der Waals surface area contributed by atoms with Crippen LogP contribution < -0.4 is 5.32 Å². The van der Waals surface area contributed by atoms with Gasteiger partial charge in [0.2, 0.25) is 10.0 Å². The molecule has 0 aliphatic rings. The van der Waals surface area contributed by atoms with E-state index in [1.54, 1.807) is 26.4 Å². The minimum Gasteiger partial charge on any atom is -0.385 e. The van der Waals surface area contributed by atoms with Crippen molar-refractivity contribution in [3.05, 3.63) is 18.0 Å². The monoisotopic (exact) mass is 317 g/mol. The summed E-state index contributed by atoms with van der Waals surface area (Å²) in [5.41, 5.74) is 0.951. The summed E-state index contributed by atoms with van der Waals surface area (Å²) in [5, 5.41) is 3.29. The summed E-state index contributed by atoms with van der Waals surface area (Å²) in [6, 6.07) is 2.09. The van der Waals surface area contributed by atoms with Crippen LogP contribution in [0.3, 0.4) is 0 Å². The number of sulfonamides is 1. The van der Waals surface area contributed by atoms with Gasteiger partial charge in [-0.05, 0) is 12.5 Å². The van der Waals surface area contributed by atoms with Gasteiger partial charge < -0.3 is 14.6 Å². The molecule has 1 rings (SSSR count). The van der Waals surface area contributed by atoms with E-state index >= 15 is 0 Å². The predicted molar refractivity (Wildman–Crippen MR) is 83.7 cm³/mol. The highest BCUT2D eigenvalue weighted by Crippen LogP contribution is 2.17. The molecule has 0 atom stereocenters. The largest absolute Gasteiger partial charge is 0.385 e. The molecule has 0 radical (unpaired) electrons. The van der Waals surface area contributed by atoms with Crippen molar-refractivity contribution in [2.45, 2.75) is 37.8 Å². The number of nitrogens with zero attached hydrogens (tertiary/aromatic N) is 2. The van der Waals surface area contributed by atoms with Gasteiger partial charge in [-0.2, -0.15) is 0 Å². The van der Waals surface area contributed by atoms with Gasteiger partial charge in [-0.1, -0.05) is 13.8 Å². The van der Waals surface area contributed by atoms with Gasteiger partial charge in [0.05, 0.1) is 0 Å². The fraction of sp³-hybridized carbons (Fsp3) is 0.714. The smallest absolute Gasteiger partial charge is 0.244 e. The average molecular weight is 317 g/mol. The summed E-state index contributed by atoms with van der Waals surface area (Å²) in [4.78, 5) is 0.338. The molecule has 0 fully saturated rings. The van der Waals surface area contributed by atoms with Gasteiger partial charge in [0.25, 0.3) is 0 Å². The Bertz CT molecular complexity index is 538. The van der Waals surface area contributed by atoms with E-state index in [0.29, 0.717) is 37.1 Å². The van der Waals surface area contributed by atoms with Crippen LogP contribution >= 0.6 is 0 Å². The van der Waals surface area contributed by atoms with Crippen molar-refractivity contribution in [3.63, 3.8) is 0 Å². The van der Waals surface area contributed by atoms with Crippen LogP contribution in [0, 0.1) is 0 Å². The molecule has 0 amide bonds. The molecular weight excluding hydrogens is 290 g/mol. The Morgan fingerprint density at radius 2 is 2.10 bits per heavy atom. The number of ether oxygens (including phenoxy) is 1. The lowest BCUT2D eigenvalue weighted by atomic mass is 10.3. The molecule has 7 heteroatoms. The molecule has 122 valence electrons. The lowest BCUT2D eigenvalue weighted by Gasteiger charge is -2.15. The minimum absolute atomic E-state index is 0.338. The molecule has 1 heterocycles. The second-order valence-corrected chi connectivity index (χ2v) is 7.53. The van der Waals surface area contributed by atoms with Gasteiger partial charge in [0.15, 0.2) is 0 Å². The molecule has 1 aromatic heterocycles. The van der Waals surface area contributed by atoms with Crippen LogP contribution in [0.25, 0.3) is 0 Å². The van der Waals surface area contributed by atoms with E-state index < -0.39 is 10.0 Å². The Labute approximate surface area is 128 Å². The van der Waals surface area contributed by atoms with Gasteiger partial charge in [-0.25, -0.2) is 12.7 Å². The first kappa shape index (κ1) is 18.2. The first-order chi connectivity index (χ1) is 9.78. The van der Waals surface area contributed by atoms with Crippen molar-refractivity contribution in [2.75, 3.05) is 27.3 Å². The van der Waals surface area contributed by atoms with Crippen LogP contribution in [-0.4, -0.2) is 50.6 Å². The first-order valence-corrected chi connectivity index (χ1v) is 8.57. The van der Waals surface area contributed by atoms with Gasteiger partial charge in [0, 0.05) is 58.8 Å². The molecule has 0 aromatic carbocycles. The van der Waals surface area contributed by atoms with Gasteiger partial charge in [-0.3, -0.25) is 0 Å². The number of aromatic nitrogens is 1. The lowest BCUT2D eigenvalue weighted by molar-refractivity contribution is 0.189. The maximum absolute atomic E-state index is 12.5. The van der Waals surface area contributed by atoms with E-state index in [1.807, 2.05) is 11.6 Å². The van der Waals surface area contributed by atoms with Crippen molar-refractivity contribution in [1.29, 1.82) is 0 Å². The van der Waals surface area contributed by atoms with Crippen LogP contribution in [0.5, 0.6) is 0 Å². The van der Waals surface area contributed by atoms with Gasteiger partial charge in [0.1, 0.15) is 4.90 Å². The molecule has 0 spiro atoms. The number of rotatable bonds is 9. The van der Waals surface area contributed by atoms with E-state index in [2.05, 4.69) is 19.2 Å². The Hall–Kier alpha value is -0.890. The van der Waals surface area contributed by atoms with Crippen LogP contribution in [0.4, 0.5) is 0 Å². The zero-order valence-corrected chi connectivity index (χ0v) is 14.4. The number of nitrogens with one attached hydrogen (secondary N) is 1. The summed E-state index contributed by atoms with van der Waals surface area (Å²) >= 11 is 0. The summed E-state index contributed by atoms with van der Waals surface area (Å²) in [5.74, 6) is 0. The van der Waals surface area contributed by atoms with Gasteiger partial charge in [-0.15, -0.1) is 0 Å². The summed E-state index contributed by atoms with van der Waals surface area (Å²) in [6.07, 6.45) is 2.35. The fourth-order valence-corrected chi connectivity index (χ4v) is 3.24. The van der Waals surface area contributed by atoms with Gasteiger partial charge >= 0.3 is 0 Å². The number of hydrogen-bond acceptors (Lipinski definition) is 4. The molecule has 0 unspecified atom stereocenters. The van der Waals surface area contributed by atoms with E-state index in [0.717, 1.165) is 5.69 Å². The third-order valence-corrected chi connectivity index (χ3v) is 5.13. The van der Waals surface area contributed by atoms with Crippen molar-refractivity contribution in [1.82, 2.24) is 14.2 Å². The Morgan fingerprint density at radius 1 is 1.43 bits per heavy atom. The highest BCUT2D eigenvalue weighted by atomic mass is 32.2. The molecule has 21 heavy (non-hydrogen) atoms. The molecular formula is C14H27N3O3S. The second kappa shape index (κ2) is 7.93. The Kier molecular flexibility index (Phi) is 6.86. The minimum atomic E-state index is -3.43. The van der Waals surface area contributed by atoms with E-state index in [1.165, 1.54) is 4.31 Å². The molecule has 0 saturated carbocycles. The number of hydrogen-bond donors (Lipinski definition) is 1. The highest BCUT2D eigenvalue weighted by Gasteiger charge is 2.22. The normalized spacial score (nSPS) is 12.5. The molecule has 0 bridgehead atoms. The fourth-order valence-electron chi connectivity index (χ4n) is 1.93. The zero-order valence-electron chi connectivity index (χ0n) is 13.6. The average Bonchev–Trinajstić information content (AvgIpc) is 2.78. The molecule has 1 N–H and O–H groups in total. The third kappa shape index (κ3) is 5.10. The third-order valence-electron chi connectivity index (χ3n) is 3.30. The van der Waals surface area contributed by atoms with Crippen molar-refractivity contribution < 1.29 is 13.2 Å². The Morgan fingerprint density at radius 3 is 2.67 bits per heavy atom. The predicted octanol–water partition coefficient (Wildman–Crippen LogP) is 1.18. The maximum atomic E-state index is 12.5. The number of aryl methyl sites for hydroxylation is 1. The summed E-state index contributed by atoms with van der Waals surface area (Å²) in [6.45, 7) is 5.77. The van der Waals surface area contributed by atoms with Crippen LogP contribution in [0.1, 0.15) is 26.0 Å². The number of methoxy groups -OCH3 is 1. The lowest BCUT2D eigenvalue weighted by Crippen LogP contribution is -2.28. The van der Waals surface area contributed by atoms with Crippen LogP contribution in [-0.2, 0) is 28.4 Å². The van der Waals surface area contributed by atoms with Crippen LogP contribution in [0.2, 0.25) is 0 Å². The molecule has 0 aliphatic heterocycles. The van der Waals surface area contributed by atoms with Crippen molar-refractivity contribution in [2.24, 2.45) is 7.05 Å². The second-order valence-electron chi connectivity index (χ2n) is 5.49. The Balaban J connectivity index is 2.81. The standard InChI is InChI=1S/C14H27N3O3S/c1-12(2)15-10-13-9-14(11-16(13)3)21(18,19)17(4)7-6-8-20-5/h9,11-12,15H,6-8,10H2,1-5H3. The molecule has 0 aliphatic carbocycles. The van der Waals surface area contributed by atoms with Crippen LogP contribution in [0.15, 0.2) is 17.2 Å². The van der Waals surface area contributed by atoms with E-state index in [4.69, 9.17) is 4.74 Å². The molecule has 0 saturated heterocycles. The van der Waals surface area contributed by atoms with E-state index in [9.17, 15) is 8.42 Å². The maximum Gasteiger partial charge on any atom is 0.244 e. The molecule has 6 nitrogen and oxygen atoms in total. The zero-order chi connectivity index (χ0) is 16.0. The first-order valence-electron chi connectivity index (χ1n) is 7.13.